The average molecular weight is 270 g/mol. The Labute approximate surface area is 110 Å². The van der Waals surface area contributed by atoms with E-state index < -0.39 is 24.1 Å². The van der Waals surface area contributed by atoms with Crippen LogP contribution < -0.4 is 5.32 Å². The Hall–Kier alpha value is -1.96. The van der Waals surface area contributed by atoms with Crippen LogP contribution in [0.15, 0.2) is 6.33 Å². The number of aromatic nitrogens is 3. The molecule has 3 unspecified atom stereocenters. The minimum Gasteiger partial charge on any atom is -0.479 e. The molecule has 1 heterocycles. The average Bonchev–Trinajstić information content (AvgIpc) is 2.75. The number of amides is 1. The zero-order valence-corrected chi connectivity index (χ0v) is 11.3. The minimum atomic E-state index is -1.11. The Morgan fingerprint density at radius 3 is 2.47 bits per heavy atom. The summed E-state index contributed by atoms with van der Waals surface area (Å²) in [5, 5.41) is 15.4. The van der Waals surface area contributed by atoms with Crippen LogP contribution >= 0.6 is 0 Å². The predicted molar refractivity (Wildman–Crippen MR) is 65.2 cm³/mol. The number of carboxylic acid groups (broad SMARTS) is 1. The molecule has 0 aromatic carbocycles. The third kappa shape index (κ3) is 4.32. The van der Waals surface area contributed by atoms with Crippen molar-refractivity contribution in [3.63, 3.8) is 0 Å². The number of nitrogens with zero attached hydrogens (tertiary/aromatic N) is 3. The van der Waals surface area contributed by atoms with E-state index in [9.17, 15) is 9.59 Å². The lowest BCUT2D eigenvalue weighted by molar-refractivity contribution is -0.155. The highest BCUT2D eigenvalue weighted by atomic mass is 16.5. The first-order valence-corrected chi connectivity index (χ1v) is 5.85. The zero-order valence-electron chi connectivity index (χ0n) is 11.3. The van der Waals surface area contributed by atoms with E-state index in [2.05, 4.69) is 15.4 Å². The van der Waals surface area contributed by atoms with Gasteiger partial charge in [0.15, 0.2) is 11.9 Å². The Balaban J connectivity index is 2.52. The number of hydrogen-bond donors (Lipinski definition) is 2. The number of rotatable bonds is 6. The summed E-state index contributed by atoms with van der Waals surface area (Å²) >= 11 is 0. The molecule has 1 amide bonds. The molecule has 3 atom stereocenters. The van der Waals surface area contributed by atoms with Crippen LogP contribution in [0.4, 0.5) is 0 Å². The molecule has 0 spiro atoms. The smallest absolute Gasteiger partial charge is 0.332 e. The van der Waals surface area contributed by atoms with Crippen molar-refractivity contribution in [2.45, 2.75) is 39.0 Å². The number of ether oxygens (including phenoxy) is 1. The first-order valence-electron chi connectivity index (χ1n) is 5.85. The number of nitrogens with one attached hydrogen (secondary N) is 1. The molecule has 8 nitrogen and oxygen atoms in total. The number of carbonyl (C=O) groups is 2. The maximum Gasteiger partial charge on any atom is 0.332 e. The first-order chi connectivity index (χ1) is 8.81. The maximum atomic E-state index is 11.8. The van der Waals surface area contributed by atoms with Gasteiger partial charge in [-0.15, -0.1) is 0 Å². The molecule has 0 bridgehead atoms. The molecule has 0 aliphatic heterocycles. The highest BCUT2D eigenvalue weighted by molar-refractivity contribution is 5.81. The summed E-state index contributed by atoms with van der Waals surface area (Å²) in [6.07, 6.45) is -0.369. The monoisotopic (exact) mass is 270 g/mol. The van der Waals surface area contributed by atoms with Gasteiger partial charge in [0.2, 0.25) is 5.91 Å². The molecule has 1 aromatic heterocycles. The van der Waals surface area contributed by atoms with E-state index >= 15 is 0 Å². The molecule has 19 heavy (non-hydrogen) atoms. The predicted octanol–water partition coefficient (Wildman–Crippen LogP) is -0.129. The summed E-state index contributed by atoms with van der Waals surface area (Å²) in [4.78, 5) is 26.4. The fraction of sp³-hybridized carbons (Fsp3) is 0.636. The van der Waals surface area contributed by atoms with Crippen LogP contribution in [0.25, 0.3) is 0 Å². The van der Waals surface area contributed by atoms with Crippen LogP contribution in [0.5, 0.6) is 0 Å². The molecule has 0 saturated heterocycles. The molecule has 2 N–H and O–H groups in total. The summed E-state index contributed by atoms with van der Waals surface area (Å²) in [5.74, 6) is -1.04. The minimum absolute atomic E-state index is 0.375. The van der Waals surface area contributed by atoms with E-state index in [-0.39, 0.29) is 6.04 Å². The molecule has 0 fully saturated rings. The Morgan fingerprint density at radius 2 is 2.00 bits per heavy atom. The van der Waals surface area contributed by atoms with Gasteiger partial charge in [0.25, 0.3) is 0 Å². The third-order valence-corrected chi connectivity index (χ3v) is 2.49. The van der Waals surface area contributed by atoms with Gasteiger partial charge in [-0.25, -0.2) is 9.78 Å². The van der Waals surface area contributed by atoms with E-state index in [0.29, 0.717) is 5.82 Å². The normalized spacial score (nSPS) is 15.6. The van der Waals surface area contributed by atoms with E-state index in [1.54, 1.807) is 14.0 Å². The van der Waals surface area contributed by atoms with Gasteiger partial charge in [0.05, 0.1) is 6.04 Å². The fourth-order valence-electron chi connectivity index (χ4n) is 1.38. The molecule has 0 aliphatic carbocycles. The maximum absolute atomic E-state index is 11.8. The van der Waals surface area contributed by atoms with Gasteiger partial charge in [0.1, 0.15) is 12.4 Å². The molecule has 0 saturated carbocycles. The summed E-state index contributed by atoms with van der Waals surface area (Å²) in [6.45, 7) is 4.60. The van der Waals surface area contributed by atoms with E-state index in [1.807, 2.05) is 0 Å². The van der Waals surface area contributed by atoms with Gasteiger partial charge in [0, 0.05) is 7.05 Å². The molecular formula is C11H18N4O4. The summed E-state index contributed by atoms with van der Waals surface area (Å²) in [5.41, 5.74) is 0. The van der Waals surface area contributed by atoms with Crippen molar-refractivity contribution in [2.24, 2.45) is 7.05 Å². The van der Waals surface area contributed by atoms with Crippen molar-refractivity contribution >= 4 is 11.9 Å². The second kappa shape index (κ2) is 6.28. The standard InChI is InChI=1S/C11H18N4O4/c1-6(9-12-5-15(4)14-9)13-10(16)7(2)19-8(3)11(17)18/h5-8H,1-4H3,(H,13,16)(H,17,18). The van der Waals surface area contributed by atoms with Crippen molar-refractivity contribution in [2.75, 3.05) is 0 Å². The number of hydrogen-bond acceptors (Lipinski definition) is 5. The molecule has 0 aliphatic rings. The van der Waals surface area contributed by atoms with E-state index in [4.69, 9.17) is 9.84 Å². The quantitative estimate of drug-likeness (QED) is 0.745. The van der Waals surface area contributed by atoms with Crippen molar-refractivity contribution < 1.29 is 19.4 Å². The molecular weight excluding hydrogens is 252 g/mol. The van der Waals surface area contributed by atoms with Gasteiger partial charge in [-0.05, 0) is 20.8 Å². The Bertz CT molecular complexity index is 459. The molecule has 1 rings (SSSR count). The SMILES string of the molecule is CC(OC(C)C(=O)NC(C)c1ncn(C)n1)C(=O)O. The summed E-state index contributed by atoms with van der Waals surface area (Å²) in [6, 6.07) is -0.375. The Kier molecular flexibility index (Phi) is 4.99. The zero-order chi connectivity index (χ0) is 14.6. The van der Waals surface area contributed by atoms with Gasteiger partial charge in [-0.3, -0.25) is 9.48 Å². The van der Waals surface area contributed by atoms with Crippen molar-refractivity contribution in [1.29, 1.82) is 0 Å². The molecule has 8 heteroatoms. The van der Waals surface area contributed by atoms with E-state index in [0.717, 1.165) is 0 Å². The van der Waals surface area contributed by atoms with Crippen LogP contribution in [0.1, 0.15) is 32.6 Å². The van der Waals surface area contributed by atoms with Crippen LogP contribution in [0.3, 0.4) is 0 Å². The van der Waals surface area contributed by atoms with Gasteiger partial charge < -0.3 is 15.2 Å². The highest BCUT2D eigenvalue weighted by Crippen LogP contribution is 2.07. The number of aryl methyl sites for hydroxylation is 1. The summed E-state index contributed by atoms with van der Waals surface area (Å²) in [7, 11) is 1.73. The second-order valence-electron chi connectivity index (χ2n) is 4.27. The van der Waals surface area contributed by atoms with Crippen molar-refractivity contribution in [3.8, 4) is 0 Å². The number of aliphatic carboxylic acids is 1. The van der Waals surface area contributed by atoms with Crippen molar-refractivity contribution in [3.05, 3.63) is 12.2 Å². The van der Waals surface area contributed by atoms with Gasteiger partial charge in [-0.2, -0.15) is 5.10 Å². The first kappa shape index (κ1) is 15.1. The topological polar surface area (TPSA) is 106 Å². The lowest BCUT2D eigenvalue weighted by atomic mass is 10.2. The second-order valence-corrected chi connectivity index (χ2v) is 4.27. The van der Waals surface area contributed by atoms with Crippen LogP contribution in [-0.2, 0) is 21.4 Å². The van der Waals surface area contributed by atoms with Gasteiger partial charge in [-0.1, -0.05) is 0 Å². The van der Waals surface area contributed by atoms with E-state index in [1.165, 1.54) is 24.9 Å². The molecule has 106 valence electrons. The fourth-order valence-corrected chi connectivity index (χ4v) is 1.38. The van der Waals surface area contributed by atoms with Crippen LogP contribution in [0, 0.1) is 0 Å². The molecule has 0 radical (unpaired) electrons. The van der Waals surface area contributed by atoms with Crippen LogP contribution in [0.2, 0.25) is 0 Å². The number of carbonyl (C=O) groups excluding carboxylic acids is 1. The Morgan fingerprint density at radius 1 is 1.37 bits per heavy atom. The summed E-state index contributed by atoms with van der Waals surface area (Å²) < 4.78 is 6.59. The lowest BCUT2D eigenvalue weighted by Crippen LogP contribution is -2.39. The lowest BCUT2D eigenvalue weighted by Gasteiger charge is -2.18. The molecule has 1 aromatic rings. The van der Waals surface area contributed by atoms with Gasteiger partial charge >= 0.3 is 5.97 Å². The highest BCUT2D eigenvalue weighted by Gasteiger charge is 2.23. The third-order valence-electron chi connectivity index (χ3n) is 2.49. The van der Waals surface area contributed by atoms with Crippen molar-refractivity contribution in [1.82, 2.24) is 20.1 Å². The largest absolute Gasteiger partial charge is 0.479 e. The van der Waals surface area contributed by atoms with Crippen LogP contribution in [-0.4, -0.2) is 44.0 Å². The number of carboxylic acids is 1.